The number of hydrogen-bond acceptors (Lipinski definition) is 8. The van der Waals surface area contributed by atoms with Crippen LogP contribution in [-0.2, 0) is 0 Å². The Morgan fingerprint density at radius 3 is 1.76 bits per heavy atom. The molecule has 9 heteroatoms. The van der Waals surface area contributed by atoms with Gasteiger partial charge in [0.25, 0.3) is 0 Å². The summed E-state index contributed by atoms with van der Waals surface area (Å²) in [5.41, 5.74) is 3.65. The SMILES string of the molecule is CC(C)c1ccc(Nc2ncnc(Nc3ccc(N=Nc4ccccc4)cc3)c2[N+](=O)[O-])cc1. The van der Waals surface area contributed by atoms with E-state index in [-0.39, 0.29) is 17.3 Å². The van der Waals surface area contributed by atoms with E-state index in [1.165, 1.54) is 11.9 Å². The first-order valence-electron chi connectivity index (χ1n) is 10.7. The zero-order valence-electron chi connectivity index (χ0n) is 18.7. The fourth-order valence-electron chi connectivity index (χ4n) is 3.18. The van der Waals surface area contributed by atoms with Gasteiger partial charge >= 0.3 is 5.69 Å². The summed E-state index contributed by atoms with van der Waals surface area (Å²) in [6, 6.07) is 24.1. The maximum atomic E-state index is 11.9. The average molecular weight is 454 g/mol. The van der Waals surface area contributed by atoms with E-state index in [2.05, 4.69) is 44.7 Å². The van der Waals surface area contributed by atoms with Crippen molar-refractivity contribution in [2.45, 2.75) is 19.8 Å². The number of nitro groups is 1. The van der Waals surface area contributed by atoms with Gasteiger partial charge in [-0.25, -0.2) is 9.97 Å². The number of rotatable bonds is 8. The Morgan fingerprint density at radius 1 is 0.765 bits per heavy atom. The Hall–Kier alpha value is -4.66. The predicted octanol–water partition coefficient (Wildman–Crippen LogP) is 7.41. The van der Waals surface area contributed by atoms with Crippen molar-refractivity contribution >= 4 is 40.1 Å². The van der Waals surface area contributed by atoms with E-state index in [0.717, 1.165) is 5.69 Å². The highest BCUT2D eigenvalue weighted by atomic mass is 16.6. The highest BCUT2D eigenvalue weighted by molar-refractivity contribution is 5.77. The molecule has 0 saturated heterocycles. The Balaban J connectivity index is 1.52. The third-order valence-electron chi connectivity index (χ3n) is 5.01. The zero-order valence-corrected chi connectivity index (χ0v) is 18.7. The van der Waals surface area contributed by atoms with Crippen LogP contribution in [0.3, 0.4) is 0 Å². The summed E-state index contributed by atoms with van der Waals surface area (Å²) in [6.07, 6.45) is 1.28. The van der Waals surface area contributed by atoms with Crippen LogP contribution < -0.4 is 10.6 Å². The van der Waals surface area contributed by atoms with Gasteiger partial charge in [0, 0.05) is 11.4 Å². The van der Waals surface area contributed by atoms with E-state index < -0.39 is 4.92 Å². The number of benzene rings is 3. The first kappa shape index (κ1) is 22.5. The van der Waals surface area contributed by atoms with E-state index in [1.807, 2.05) is 54.6 Å². The van der Waals surface area contributed by atoms with Gasteiger partial charge in [-0.15, -0.1) is 0 Å². The molecule has 0 atom stereocenters. The van der Waals surface area contributed by atoms with Crippen LogP contribution >= 0.6 is 0 Å². The molecule has 34 heavy (non-hydrogen) atoms. The van der Waals surface area contributed by atoms with Gasteiger partial charge in [0.15, 0.2) is 0 Å². The summed E-state index contributed by atoms with van der Waals surface area (Å²) in [7, 11) is 0. The lowest BCUT2D eigenvalue weighted by molar-refractivity contribution is -0.383. The lowest BCUT2D eigenvalue weighted by Gasteiger charge is -2.11. The van der Waals surface area contributed by atoms with Crippen molar-refractivity contribution in [3.05, 3.63) is 101 Å². The monoisotopic (exact) mass is 453 g/mol. The topological polar surface area (TPSA) is 118 Å². The van der Waals surface area contributed by atoms with Crippen LogP contribution in [0.1, 0.15) is 25.3 Å². The molecular formula is C25H23N7O2. The second-order valence-corrected chi connectivity index (χ2v) is 7.79. The summed E-state index contributed by atoms with van der Waals surface area (Å²) in [6.45, 7) is 4.21. The van der Waals surface area contributed by atoms with E-state index >= 15 is 0 Å². The minimum atomic E-state index is -0.504. The van der Waals surface area contributed by atoms with Crippen molar-refractivity contribution < 1.29 is 4.92 Å². The minimum Gasteiger partial charge on any atom is -0.334 e. The third-order valence-corrected chi connectivity index (χ3v) is 5.01. The summed E-state index contributed by atoms with van der Waals surface area (Å²) in [4.78, 5) is 19.5. The molecule has 1 aromatic heterocycles. The van der Waals surface area contributed by atoms with Crippen LogP contribution in [0.25, 0.3) is 0 Å². The Kier molecular flexibility index (Phi) is 6.83. The molecule has 0 aliphatic rings. The molecule has 9 nitrogen and oxygen atoms in total. The molecule has 0 aliphatic heterocycles. The van der Waals surface area contributed by atoms with Crippen LogP contribution in [0.15, 0.2) is 95.4 Å². The zero-order chi connectivity index (χ0) is 23.9. The van der Waals surface area contributed by atoms with E-state index in [9.17, 15) is 10.1 Å². The normalized spacial score (nSPS) is 11.0. The van der Waals surface area contributed by atoms with Crippen molar-refractivity contribution in [2.75, 3.05) is 10.6 Å². The number of hydrogen-bond donors (Lipinski definition) is 2. The van der Waals surface area contributed by atoms with Crippen LogP contribution in [0, 0.1) is 10.1 Å². The molecule has 0 aliphatic carbocycles. The summed E-state index contributed by atoms with van der Waals surface area (Å²) < 4.78 is 0. The summed E-state index contributed by atoms with van der Waals surface area (Å²) >= 11 is 0. The Bertz CT molecular complexity index is 1290. The van der Waals surface area contributed by atoms with Crippen LogP contribution in [0.4, 0.5) is 40.1 Å². The Morgan fingerprint density at radius 2 is 1.26 bits per heavy atom. The standard InChI is InChI=1S/C25H23N7O2/c1-17(2)18-8-10-19(11-9-18)28-24-23(32(33)34)25(27-16-26-24)29-20-12-14-22(15-13-20)31-30-21-6-4-3-5-7-21/h3-17H,1-2H3,(H2,26,27,28,29). The maximum Gasteiger partial charge on any atom is 0.353 e. The summed E-state index contributed by atoms with van der Waals surface area (Å²) in [5.74, 6) is 0.581. The van der Waals surface area contributed by atoms with Gasteiger partial charge in [0.2, 0.25) is 11.6 Å². The van der Waals surface area contributed by atoms with Crippen molar-refractivity contribution in [1.82, 2.24) is 9.97 Å². The number of nitrogens with zero attached hydrogens (tertiary/aromatic N) is 5. The molecule has 0 unspecified atom stereocenters. The average Bonchev–Trinajstić information content (AvgIpc) is 2.84. The van der Waals surface area contributed by atoms with Gasteiger partial charge in [-0.3, -0.25) is 10.1 Å². The van der Waals surface area contributed by atoms with Gasteiger partial charge in [-0.2, -0.15) is 10.2 Å². The molecule has 170 valence electrons. The van der Waals surface area contributed by atoms with Gasteiger partial charge in [0.1, 0.15) is 6.33 Å². The molecule has 0 amide bonds. The number of azo groups is 1. The van der Waals surface area contributed by atoms with Gasteiger partial charge in [0.05, 0.1) is 16.3 Å². The molecule has 0 fully saturated rings. The van der Waals surface area contributed by atoms with Crippen molar-refractivity contribution in [3.63, 3.8) is 0 Å². The maximum absolute atomic E-state index is 11.9. The molecule has 3 aromatic carbocycles. The molecule has 0 saturated carbocycles. The van der Waals surface area contributed by atoms with Crippen molar-refractivity contribution in [3.8, 4) is 0 Å². The first-order chi connectivity index (χ1) is 16.5. The van der Waals surface area contributed by atoms with Crippen LogP contribution in [-0.4, -0.2) is 14.9 Å². The molecule has 2 N–H and O–H groups in total. The third kappa shape index (κ3) is 5.57. The van der Waals surface area contributed by atoms with E-state index in [4.69, 9.17) is 0 Å². The molecule has 0 bridgehead atoms. The van der Waals surface area contributed by atoms with E-state index in [0.29, 0.717) is 23.0 Å². The minimum absolute atomic E-state index is 0.0833. The lowest BCUT2D eigenvalue weighted by atomic mass is 10.0. The predicted molar refractivity (Wildman–Crippen MR) is 133 cm³/mol. The van der Waals surface area contributed by atoms with Gasteiger partial charge in [-0.1, -0.05) is 44.2 Å². The highest BCUT2D eigenvalue weighted by Crippen LogP contribution is 2.33. The van der Waals surface area contributed by atoms with Crippen molar-refractivity contribution in [2.24, 2.45) is 10.2 Å². The molecule has 0 radical (unpaired) electrons. The first-order valence-corrected chi connectivity index (χ1v) is 10.7. The number of nitrogens with one attached hydrogen (secondary N) is 2. The molecule has 4 aromatic rings. The smallest absolute Gasteiger partial charge is 0.334 e. The van der Waals surface area contributed by atoms with E-state index in [1.54, 1.807) is 24.3 Å². The molecule has 1 heterocycles. The van der Waals surface area contributed by atoms with Crippen molar-refractivity contribution in [1.29, 1.82) is 0 Å². The largest absolute Gasteiger partial charge is 0.353 e. The fourth-order valence-corrected chi connectivity index (χ4v) is 3.18. The van der Waals surface area contributed by atoms with Crippen LogP contribution in [0.2, 0.25) is 0 Å². The summed E-state index contributed by atoms with van der Waals surface area (Å²) in [5, 5.41) is 26.3. The second kappa shape index (κ2) is 10.3. The quantitative estimate of drug-likeness (QED) is 0.163. The molecule has 0 spiro atoms. The van der Waals surface area contributed by atoms with Gasteiger partial charge < -0.3 is 10.6 Å². The fraction of sp³-hybridized carbons (Fsp3) is 0.120. The number of aromatic nitrogens is 2. The Labute approximate surface area is 196 Å². The molecular weight excluding hydrogens is 430 g/mol. The van der Waals surface area contributed by atoms with Gasteiger partial charge in [-0.05, 0) is 60.0 Å². The second-order valence-electron chi connectivity index (χ2n) is 7.79. The van der Waals surface area contributed by atoms with Crippen LogP contribution in [0.5, 0.6) is 0 Å². The lowest BCUT2D eigenvalue weighted by Crippen LogP contribution is -2.05. The highest BCUT2D eigenvalue weighted by Gasteiger charge is 2.23. The molecule has 4 rings (SSSR count). The number of anilines is 4.